The molecule has 0 N–H and O–H groups in total. The van der Waals surface area contributed by atoms with E-state index >= 15 is 0 Å². The fraction of sp³-hybridized carbons (Fsp3) is 0.714. The average molecular weight is 425 g/mol. The maximum Gasteiger partial charge on any atom is 0.270 e. The van der Waals surface area contributed by atoms with Gasteiger partial charge < -0.3 is 9.80 Å². The highest BCUT2D eigenvalue weighted by atomic mass is 35.6. The van der Waals surface area contributed by atoms with Crippen molar-refractivity contribution >= 4 is 69.8 Å². The summed E-state index contributed by atoms with van der Waals surface area (Å²) in [7, 11) is 3.09. The number of halogens is 5. The number of nitrogens with zero attached hydrogens (tertiary/aromatic N) is 2. The van der Waals surface area contributed by atoms with Gasteiger partial charge in [-0.05, 0) is 18.4 Å². The first-order chi connectivity index (χ1) is 10.4. The second kappa shape index (κ2) is 8.01. The third-order valence-corrected chi connectivity index (χ3v) is 5.83. The molecule has 1 fully saturated rings. The Morgan fingerprint density at radius 1 is 1.17 bits per heavy atom. The van der Waals surface area contributed by atoms with E-state index in [-0.39, 0.29) is 23.4 Å². The zero-order chi connectivity index (χ0) is 18.1. The van der Waals surface area contributed by atoms with Crippen LogP contribution < -0.4 is 0 Å². The Kier molecular flexibility index (Phi) is 7.37. The van der Waals surface area contributed by atoms with Crippen LogP contribution in [0.5, 0.6) is 0 Å². The first-order valence-electron chi connectivity index (χ1n) is 6.99. The highest BCUT2D eigenvalue weighted by Crippen LogP contribution is 2.37. The van der Waals surface area contributed by atoms with Crippen molar-refractivity contribution in [2.75, 3.05) is 14.1 Å². The molecular formula is C14H19Cl5N2O2. The number of allylic oxidation sites excluding steroid dienone is 1. The van der Waals surface area contributed by atoms with Gasteiger partial charge in [-0.25, -0.2) is 0 Å². The van der Waals surface area contributed by atoms with E-state index < -0.39 is 20.6 Å². The van der Waals surface area contributed by atoms with Crippen molar-refractivity contribution in [3.8, 4) is 0 Å². The molecule has 9 heteroatoms. The Bertz CT molecular complexity index is 504. The van der Waals surface area contributed by atoms with Crippen molar-refractivity contribution in [2.24, 2.45) is 11.8 Å². The van der Waals surface area contributed by atoms with Gasteiger partial charge in [-0.2, -0.15) is 0 Å². The predicted octanol–water partition coefficient (Wildman–Crippen LogP) is 4.01. The summed E-state index contributed by atoms with van der Waals surface area (Å²) >= 11 is 29.2. The van der Waals surface area contributed by atoms with Gasteiger partial charge in [-0.15, -0.1) is 23.2 Å². The van der Waals surface area contributed by atoms with Gasteiger partial charge in [0, 0.05) is 20.0 Å². The number of likely N-dealkylation sites (N-methyl/N-ethyl adjacent to an activating group) is 2. The molecule has 1 heterocycles. The molecule has 132 valence electrons. The van der Waals surface area contributed by atoms with Crippen LogP contribution in [0.3, 0.4) is 0 Å². The van der Waals surface area contributed by atoms with Crippen LogP contribution in [0.15, 0.2) is 11.8 Å². The van der Waals surface area contributed by atoms with Crippen LogP contribution in [0.4, 0.5) is 0 Å². The van der Waals surface area contributed by atoms with E-state index in [9.17, 15) is 9.59 Å². The second-order valence-corrected chi connectivity index (χ2v) is 9.29. The van der Waals surface area contributed by atoms with Gasteiger partial charge in [0.1, 0.15) is 16.6 Å². The SMILES string of the molecule is CC(CC1C(=O)N(C)/C(=C\C(C)C(Cl)(Cl)Cl)C(=O)N1C)C(Cl)Cl. The summed E-state index contributed by atoms with van der Waals surface area (Å²) in [5.74, 6) is -1.22. The number of rotatable bonds is 4. The molecule has 0 radical (unpaired) electrons. The summed E-state index contributed by atoms with van der Waals surface area (Å²) in [6.07, 6.45) is 1.87. The average Bonchev–Trinajstić information content (AvgIpc) is 2.44. The smallest absolute Gasteiger partial charge is 0.270 e. The number of hydrogen-bond donors (Lipinski definition) is 0. The fourth-order valence-corrected chi connectivity index (χ4v) is 2.60. The van der Waals surface area contributed by atoms with Crippen LogP contribution in [0.2, 0.25) is 0 Å². The second-order valence-electron chi connectivity index (χ2n) is 5.76. The quantitative estimate of drug-likeness (QED) is 0.505. The lowest BCUT2D eigenvalue weighted by molar-refractivity contribution is -0.149. The summed E-state index contributed by atoms with van der Waals surface area (Å²) in [6, 6.07) is -0.622. The molecule has 0 aromatic rings. The molecule has 23 heavy (non-hydrogen) atoms. The Hall–Kier alpha value is 0.130. The Balaban J connectivity index is 3.07. The number of amides is 2. The van der Waals surface area contributed by atoms with Gasteiger partial charge in [0.25, 0.3) is 5.91 Å². The van der Waals surface area contributed by atoms with Gasteiger partial charge in [0.2, 0.25) is 5.91 Å². The van der Waals surface area contributed by atoms with Crippen molar-refractivity contribution in [1.82, 2.24) is 9.80 Å². The molecule has 1 aliphatic heterocycles. The van der Waals surface area contributed by atoms with Crippen molar-refractivity contribution in [2.45, 2.75) is 34.9 Å². The summed E-state index contributed by atoms with van der Waals surface area (Å²) in [5, 5.41) is 0. The molecule has 0 bridgehead atoms. The van der Waals surface area contributed by atoms with Gasteiger partial charge >= 0.3 is 0 Å². The van der Waals surface area contributed by atoms with Crippen LogP contribution in [-0.4, -0.2) is 50.4 Å². The summed E-state index contributed by atoms with van der Waals surface area (Å²) in [4.78, 5) is 27.2. The van der Waals surface area contributed by atoms with Crippen molar-refractivity contribution in [1.29, 1.82) is 0 Å². The minimum atomic E-state index is -1.56. The largest absolute Gasteiger partial charge is 0.328 e. The van der Waals surface area contributed by atoms with Crippen LogP contribution in [0, 0.1) is 11.8 Å². The molecule has 3 atom stereocenters. The van der Waals surface area contributed by atoms with E-state index in [2.05, 4.69) is 0 Å². The molecule has 1 aliphatic rings. The van der Waals surface area contributed by atoms with Crippen LogP contribution >= 0.6 is 58.0 Å². The summed E-state index contributed by atoms with van der Waals surface area (Å²) in [6.45, 7) is 3.48. The molecular weight excluding hydrogens is 405 g/mol. The zero-order valence-electron chi connectivity index (χ0n) is 13.2. The molecule has 3 unspecified atom stereocenters. The molecule has 0 aromatic heterocycles. The molecule has 4 nitrogen and oxygen atoms in total. The highest BCUT2D eigenvalue weighted by Gasteiger charge is 2.41. The Labute approximate surface area is 161 Å². The Morgan fingerprint density at radius 3 is 2.13 bits per heavy atom. The van der Waals surface area contributed by atoms with Crippen LogP contribution in [0.25, 0.3) is 0 Å². The van der Waals surface area contributed by atoms with Crippen molar-refractivity contribution in [3.63, 3.8) is 0 Å². The molecule has 2 amide bonds. The topological polar surface area (TPSA) is 40.6 Å². The molecule has 0 spiro atoms. The normalized spacial score (nSPS) is 24.6. The molecule has 0 saturated carbocycles. The van der Waals surface area contributed by atoms with E-state index in [0.29, 0.717) is 6.42 Å². The minimum Gasteiger partial charge on any atom is -0.328 e. The van der Waals surface area contributed by atoms with E-state index in [1.54, 1.807) is 14.0 Å². The summed E-state index contributed by atoms with van der Waals surface area (Å²) in [5.41, 5.74) is 0.188. The highest BCUT2D eigenvalue weighted by molar-refractivity contribution is 6.67. The molecule has 0 aliphatic carbocycles. The van der Waals surface area contributed by atoms with Gasteiger partial charge in [-0.1, -0.05) is 48.7 Å². The Morgan fingerprint density at radius 2 is 1.70 bits per heavy atom. The van der Waals surface area contributed by atoms with E-state index in [1.165, 1.54) is 22.9 Å². The number of carbonyl (C=O) groups excluding carboxylic acids is 2. The lowest BCUT2D eigenvalue weighted by Crippen LogP contribution is -2.56. The van der Waals surface area contributed by atoms with Crippen molar-refractivity contribution < 1.29 is 9.59 Å². The third kappa shape index (κ3) is 5.05. The van der Waals surface area contributed by atoms with E-state index in [1.807, 2.05) is 6.92 Å². The summed E-state index contributed by atoms with van der Waals surface area (Å²) < 4.78 is -1.56. The van der Waals surface area contributed by atoms with Gasteiger partial charge in [0.05, 0.1) is 0 Å². The fourth-order valence-electron chi connectivity index (χ4n) is 2.20. The number of hydrogen-bond acceptors (Lipinski definition) is 2. The number of alkyl halides is 5. The predicted molar refractivity (Wildman–Crippen MR) is 96.1 cm³/mol. The maximum absolute atomic E-state index is 12.6. The molecule has 1 rings (SSSR count). The van der Waals surface area contributed by atoms with Crippen LogP contribution in [0.1, 0.15) is 20.3 Å². The van der Waals surface area contributed by atoms with Crippen LogP contribution in [-0.2, 0) is 9.59 Å². The van der Waals surface area contributed by atoms with Crippen molar-refractivity contribution in [3.05, 3.63) is 11.8 Å². The lowest BCUT2D eigenvalue weighted by Gasteiger charge is -2.39. The van der Waals surface area contributed by atoms with Gasteiger partial charge in [0.15, 0.2) is 3.79 Å². The first-order valence-corrected chi connectivity index (χ1v) is 9.00. The minimum absolute atomic E-state index is 0.137. The maximum atomic E-state index is 12.6. The van der Waals surface area contributed by atoms with Gasteiger partial charge in [-0.3, -0.25) is 9.59 Å². The van der Waals surface area contributed by atoms with E-state index in [0.717, 1.165) is 0 Å². The number of carbonyl (C=O) groups is 2. The molecule has 0 aromatic carbocycles. The zero-order valence-corrected chi connectivity index (χ0v) is 17.0. The standard InChI is InChI=1S/C14H19Cl5N2O2/c1-7(11(15)16)5-9-12(22)21(4)10(13(23)20(9)3)6-8(2)14(17,18)19/h6-9,11H,5H2,1-4H3/b10-6-. The van der Waals surface area contributed by atoms with E-state index in [4.69, 9.17) is 58.0 Å². The third-order valence-electron chi connectivity index (χ3n) is 3.93. The molecule has 1 saturated heterocycles. The number of piperazine rings is 1. The lowest BCUT2D eigenvalue weighted by atomic mass is 9.97. The first kappa shape index (κ1) is 21.2. The monoisotopic (exact) mass is 422 g/mol.